The van der Waals surface area contributed by atoms with Crippen LogP contribution in [0.1, 0.15) is 21.7 Å². The summed E-state index contributed by atoms with van der Waals surface area (Å²) in [4.78, 5) is 4.97. The molecule has 1 aliphatic heterocycles. The zero-order chi connectivity index (χ0) is 14.5. The van der Waals surface area contributed by atoms with Crippen molar-refractivity contribution in [3.63, 3.8) is 0 Å². The van der Waals surface area contributed by atoms with E-state index in [9.17, 15) is 0 Å². The first-order chi connectivity index (χ1) is 10.3. The van der Waals surface area contributed by atoms with E-state index in [0.717, 1.165) is 26.1 Å². The summed E-state index contributed by atoms with van der Waals surface area (Å²) in [7, 11) is 0. The van der Waals surface area contributed by atoms with Gasteiger partial charge in [-0.2, -0.15) is 0 Å². The van der Waals surface area contributed by atoms with Crippen molar-refractivity contribution in [3.05, 3.63) is 57.8 Å². The van der Waals surface area contributed by atoms with Gasteiger partial charge in [-0.3, -0.25) is 4.90 Å². The largest absolute Gasteiger partial charge is 0.371 e. The molecule has 112 valence electrons. The SMILES string of the molecule is NCc1ccc(COC2CCN(Cc3ccccc3)C2)s1. The molecule has 1 saturated heterocycles. The van der Waals surface area contributed by atoms with Crippen LogP contribution in [0.3, 0.4) is 0 Å². The number of benzene rings is 1. The van der Waals surface area contributed by atoms with Crippen molar-refractivity contribution in [1.82, 2.24) is 4.90 Å². The number of hydrogen-bond acceptors (Lipinski definition) is 4. The van der Waals surface area contributed by atoms with Crippen LogP contribution < -0.4 is 5.73 Å². The fourth-order valence-corrected chi connectivity index (χ4v) is 3.55. The fraction of sp³-hybridized carbons (Fsp3) is 0.412. The van der Waals surface area contributed by atoms with Crippen LogP contribution in [-0.4, -0.2) is 24.1 Å². The van der Waals surface area contributed by atoms with Crippen LogP contribution in [0.5, 0.6) is 0 Å². The Hall–Kier alpha value is -1.20. The Bertz CT molecular complexity index is 555. The molecule has 1 aromatic carbocycles. The quantitative estimate of drug-likeness (QED) is 0.891. The minimum Gasteiger partial charge on any atom is -0.371 e. The second-order valence-corrected chi connectivity index (χ2v) is 6.77. The molecule has 2 heterocycles. The van der Waals surface area contributed by atoms with E-state index in [1.54, 1.807) is 11.3 Å². The molecule has 1 unspecified atom stereocenters. The summed E-state index contributed by atoms with van der Waals surface area (Å²) in [5, 5.41) is 0. The van der Waals surface area contributed by atoms with E-state index in [1.807, 2.05) is 0 Å². The van der Waals surface area contributed by atoms with E-state index in [2.05, 4.69) is 47.4 Å². The van der Waals surface area contributed by atoms with Crippen LogP contribution in [0.2, 0.25) is 0 Å². The van der Waals surface area contributed by atoms with Gasteiger partial charge in [-0.25, -0.2) is 0 Å². The van der Waals surface area contributed by atoms with Crippen molar-refractivity contribution in [3.8, 4) is 0 Å². The summed E-state index contributed by atoms with van der Waals surface area (Å²) in [6, 6.07) is 14.9. The molecule has 0 amide bonds. The van der Waals surface area contributed by atoms with Gasteiger partial charge in [-0.05, 0) is 24.1 Å². The molecule has 3 rings (SSSR count). The average Bonchev–Trinajstić information content (AvgIpc) is 3.15. The summed E-state index contributed by atoms with van der Waals surface area (Å²) in [5.41, 5.74) is 7.01. The molecule has 0 radical (unpaired) electrons. The Labute approximate surface area is 130 Å². The van der Waals surface area contributed by atoms with Gasteiger partial charge < -0.3 is 10.5 Å². The van der Waals surface area contributed by atoms with Gasteiger partial charge in [0, 0.05) is 35.9 Å². The molecule has 2 N–H and O–H groups in total. The molecule has 0 spiro atoms. The van der Waals surface area contributed by atoms with E-state index in [-0.39, 0.29) is 0 Å². The number of nitrogens with two attached hydrogens (primary N) is 1. The highest BCUT2D eigenvalue weighted by molar-refractivity contribution is 7.11. The van der Waals surface area contributed by atoms with Gasteiger partial charge in [0.1, 0.15) is 0 Å². The maximum Gasteiger partial charge on any atom is 0.0813 e. The number of ether oxygens (including phenoxy) is 1. The first-order valence-corrected chi connectivity index (χ1v) is 8.30. The van der Waals surface area contributed by atoms with Crippen molar-refractivity contribution in [2.24, 2.45) is 5.73 Å². The Morgan fingerprint density at radius 2 is 1.95 bits per heavy atom. The third-order valence-electron chi connectivity index (χ3n) is 3.86. The number of nitrogens with zero attached hydrogens (tertiary/aromatic N) is 1. The minimum atomic E-state index is 0.358. The molecule has 1 fully saturated rings. The summed E-state index contributed by atoms with van der Waals surface area (Å²) in [6.07, 6.45) is 1.49. The Balaban J connectivity index is 1.44. The number of likely N-dealkylation sites (tertiary alicyclic amines) is 1. The predicted molar refractivity (Wildman–Crippen MR) is 87.1 cm³/mol. The predicted octanol–water partition coefficient (Wildman–Crippen LogP) is 3.00. The highest BCUT2D eigenvalue weighted by Gasteiger charge is 2.23. The summed E-state index contributed by atoms with van der Waals surface area (Å²) in [6.45, 7) is 4.52. The van der Waals surface area contributed by atoms with E-state index in [1.165, 1.54) is 15.3 Å². The first kappa shape index (κ1) is 14.7. The molecule has 0 bridgehead atoms. The van der Waals surface area contributed by atoms with Crippen molar-refractivity contribution in [1.29, 1.82) is 0 Å². The van der Waals surface area contributed by atoms with Gasteiger partial charge in [-0.1, -0.05) is 30.3 Å². The summed E-state index contributed by atoms with van der Waals surface area (Å²) in [5.74, 6) is 0. The summed E-state index contributed by atoms with van der Waals surface area (Å²) < 4.78 is 6.04. The van der Waals surface area contributed by atoms with Crippen LogP contribution >= 0.6 is 11.3 Å². The summed E-state index contributed by atoms with van der Waals surface area (Å²) >= 11 is 1.76. The Morgan fingerprint density at radius 1 is 1.14 bits per heavy atom. The molecule has 4 heteroatoms. The van der Waals surface area contributed by atoms with Crippen LogP contribution in [-0.2, 0) is 24.4 Å². The topological polar surface area (TPSA) is 38.5 Å². The fourth-order valence-electron chi connectivity index (χ4n) is 2.73. The zero-order valence-electron chi connectivity index (χ0n) is 12.2. The second kappa shape index (κ2) is 7.18. The second-order valence-electron chi connectivity index (χ2n) is 5.51. The third kappa shape index (κ3) is 4.14. The number of hydrogen-bond donors (Lipinski definition) is 1. The molecule has 1 aromatic heterocycles. The average molecular weight is 302 g/mol. The van der Waals surface area contributed by atoms with Crippen LogP contribution in [0.4, 0.5) is 0 Å². The molecule has 0 aliphatic carbocycles. The van der Waals surface area contributed by atoms with Crippen molar-refractivity contribution in [2.75, 3.05) is 13.1 Å². The lowest BCUT2D eigenvalue weighted by Crippen LogP contribution is -2.22. The van der Waals surface area contributed by atoms with Crippen LogP contribution in [0.25, 0.3) is 0 Å². The zero-order valence-corrected chi connectivity index (χ0v) is 13.0. The van der Waals surface area contributed by atoms with Crippen LogP contribution in [0, 0.1) is 0 Å². The van der Waals surface area contributed by atoms with E-state index < -0.39 is 0 Å². The molecule has 1 atom stereocenters. The molecular weight excluding hydrogens is 280 g/mol. The molecule has 3 nitrogen and oxygen atoms in total. The highest BCUT2D eigenvalue weighted by atomic mass is 32.1. The molecule has 1 aliphatic rings. The van der Waals surface area contributed by atoms with Gasteiger partial charge in [-0.15, -0.1) is 11.3 Å². The molecular formula is C17H22N2OS. The smallest absolute Gasteiger partial charge is 0.0813 e. The van der Waals surface area contributed by atoms with Gasteiger partial charge in [0.2, 0.25) is 0 Å². The van der Waals surface area contributed by atoms with Gasteiger partial charge in [0.25, 0.3) is 0 Å². The highest BCUT2D eigenvalue weighted by Crippen LogP contribution is 2.20. The number of rotatable bonds is 6. The van der Waals surface area contributed by atoms with Gasteiger partial charge >= 0.3 is 0 Å². The standard InChI is InChI=1S/C17H22N2OS/c18-10-16-6-7-17(21-16)13-20-15-8-9-19(12-15)11-14-4-2-1-3-5-14/h1-7,15H,8-13,18H2. The van der Waals surface area contributed by atoms with E-state index in [4.69, 9.17) is 10.5 Å². The molecule has 0 saturated carbocycles. The molecule has 2 aromatic rings. The van der Waals surface area contributed by atoms with Crippen molar-refractivity contribution < 1.29 is 4.74 Å². The first-order valence-electron chi connectivity index (χ1n) is 7.49. The monoisotopic (exact) mass is 302 g/mol. The van der Waals surface area contributed by atoms with Crippen molar-refractivity contribution in [2.45, 2.75) is 32.2 Å². The lowest BCUT2D eigenvalue weighted by atomic mass is 10.2. The minimum absolute atomic E-state index is 0.358. The van der Waals surface area contributed by atoms with Gasteiger partial charge in [0.15, 0.2) is 0 Å². The Kier molecular flexibility index (Phi) is 5.04. The normalized spacial score (nSPS) is 19.2. The third-order valence-corrected chi connectivity index (χ3v) is 4.94. The van der Waals surface area contributed by atoms with Crippen molar-refractivity contribution >= 4 is 11.3 Å². The van der Waals surface area contributed by atoms with E-state index >= 15 is 0 Å². The maximum atomic E-state index is 6.04. The maximum absolute atomic E-state index is 6.04. The van der Waals surface area contributed by atoms with E-state index in [0.29, 0.717) is 19.3 Å². The lowest BCUT2D eigenvalue weighted by molar-refractivity contribution is 0.0477. The lowest BCUT2D eigenvalue weighted by Gasteiger charge is -2.16. The number of thiophene rings is 1. The van der Waals surface area contributed by atoms with Crippen LogP contribution in [0.15, 0.2) is 42.5 Å². The molecule has 21 heavy (non-hydrogen) atoms. The van der Waals surface area contributed by atoms with Gasteiger partial charge in [0.05, 0.1) is 12.7 Å². The Morgan fingerprint density at radius 3 is 2.71 bits per heavy atom.